The maximum absolute atomic E-state index is 13.0. The van der Waals surface area contributed by atoms with E-state index in [1.54, 1.807) is 19.1 Å². The van der Waals surface area contributed by atoms with Gasteiger partial charge in [-0.05, 0) is 42.3 Å². The van der Waals surface area contributed by atoms with Gasteiger partial charge in [0.15, 0.2) is 0 Å². The zero-order valence-corrected chi connectivity index (χ0v) is 11.2. The van der Waals surface area contributed by atoms with Crippen LogP contribution in [-0.4, -0.2) is 6.36 Å². The molecule has 21 heavy (non-hydrogen) atoms. The molecule has 1 N–H and O–H groups in total. The number of ether oxygens (including phenoxy) is 1. The Morgan fingerprint density at radius 1 is 1.10 bits per heavy atom. The van der Waals surface area contributed by atoms with Gasteiger partial charge in [0.1, 0.15) is 11.6 Å². The lowest BCUT2D eigenvalue weighted by atomic mass is 10.1. The first-order valence-corrected chi connectivity index (χ1v) is 6.18. The predicted molar refractivity (Wildman–Crippen MR) is 71.6 cm³/mol. The smallest absolute Gasteiger partial charge is 0.406 e. The first-order chi connectivity index (χ1) is 9.83. The molecular weight excluding hydrogens is 286 g/mol. The minimum absolute atomic E-state index is 0.289. The summed E-state index contributed by atoms with van der Waals surface area (Å²) >= 11 is 0. The quantitative estimate of drug-likeness (QED) is 0.830. The first-order valence-electron chi connectivity index (χ1n) is 6.18. The molecule has 0 radical (unpaired) electrons. The lowest BCUT2D eigenvalue weighted by Gasteiger charge is -2.12. The third-order valence-corrected chi connectivity index (χ3v) is 2.86. The highest BCUT2D eigenvalue weighted by Crippen LogP contribution is 2.25. The van der Waals surface area contributed by atoms with Gasteiger partial charge >= 0.3 is 6.36 Å². The molecule has 0 spiro atoms. The monoisotopic (exact) mass is 299 g/mol. The highest BCUT2D eigenvalue weighted by atomic mass is 19.4. The van der Waals surface area contributed by atoms with Crippen molar-refractivity contribution in [3.63, 3.8) is 0 Å². The van der Waals surface area contributed by atoms with Gasteiger partial charge in [0, 0.05) is 18.3 Å². The topological polar surface area (TPSA) is 21.3 Å². The second kappa shape index (κ2) is 6.03. The average molecular weight is 299 g/mol. The number of nitrogens with one attached hydrogen (secondary N) is 1. The van der Waals surface area contributed by atoms with Crippen molar-refractivity contribution in [3.8, 4) is 5.75 Å². The molecule has 2 aromatic rings. The van der Waals surface area contributed by atoms with Gasteiger partial charge in [-0.3, -0.25) is 0 Å². The molecular formula is C15H13F4NO. The molecule has 0 aliphatic rings. The molecule has 0 saturated carbocycles. The fraction of sp³-hybridized carbons (Fsp3) is 0.200. The van der Waals surface area contributed by atoms with Crippen LogP contribution in [0.5, 0.6) is 5.75 Å². The molecule has 112 valence electrons. The molecule has 6 heteroatoms. The van der Waals surface area contributed by atoms with Crippen molar-refractivity contribution in [1.29, 1.82) is 0 Å². The van der Waals surface area contributed by atoms with Crippen LogP contribution in [0.15, 0.2) is 42.5 Å². The standard InChI is InChI=1S/C15H13F4NO/c1-10-7-12(16)6-5-11(10)9-20-13-3-2-4-14(8-13)21-15(17,18)19/h2-8,20H,9H2,1H3. The number of alkyl halides is 3. The van der Waals surface area contributed by atoms with Crippen LogP contribution < -0.4 is 10.1 Å². The molecule has 0 saturated heterocycles. The normalized spacial score (nSPS) is 11.3. The summed E-state index contributed by atoms with van der Waals surface area (Å²) < 4.78 is 53.2. The Balaban J connectivity index is 2.05. The molecule has 0 aromatic heterocycles. The summed E-state index contributed by atoms with van der Waals surface area (Å²) in [6.07, 6.45) is -4.72. The van der Waals surface area contributed by atoms with E-state index >= 15 is 0 Å². The minimum atomic E-state index is -4.72. The fourth-order valence-electron chi connectivity index (χ4n) is 1.86. The lowest BCUT2D eigenvalue weighted by molar-refractivity contribution is -0.274. The van der Waals surface area contributed by atoms with Gasteiger partial charge in [0.25, 0.3) is 0 Å². The van der Waals surface area contributed by atoms with E-state index in [1.807, 2.05) is 0 Å². The van der Waals surface area contributed by atoms with Gasteiger partial charge < -0.3 is 10.1 Å². The molecule has 0 atom stereocenters. The number of anilines is 1. The zero-order valence-electron chi connectivity index (χ0n) is 11.2. The van der Waals surface area contributed by atoms with Crippen molar-refractivity contribution < 1.29 is 22.3 Å². The van der Waals surface area contributed by atoms with Gasteiger partial charge in [0.05, 0.1) is 0 Å². The Hall–Kier alpha value is -2.24. The van der Waals surface area contributed by atoms with E-state index in [-0.39, 0.29) is 11.6 Å². The molecule has 0 aliphatic carbocycles. The molecule has 0 heterocycles. The molecule has 2 rings (SSSR count). The van der Waals surface area contributed by atoms with E-state index < -0.39 is 6.36 Å². The summed E-state index contributed by atoms with van der Waals surface area (Å²) in [5, 5.41) is 2.98. The lowest BCUT2D eigenvalue weighted by Crippen LogP contribution is -2.17. The van der Waals surface area contributed by atoms with E-state index in [0.29, 0.717) is 12.2 Å². The molecule has 0 fully saturated rings. The number of hydrogen-bond acceptors (Lipinski definition) is 2. The van der Waals surface area contributed by atoms with Crippen LogP contribution in [0.1, 0.15) is 11.1 Å². The van der Waals surface area contributed by atoms with Crippen LogP contribution in [0.4, 0.5) is 23.2 Å². The molecule has 2 nitrogen and oxygen atoms in total. The largest absolute Gasteiger partial charge is 0.573 e. The highest BCUT2D eigenvalue weighted by Gasteiger charge is 2.31. The summed E-state index contributed by atoms with van der Waals surface area (Å²) in [5.74, 6) is -0.611. The Labute approximate surface area is 119 Å². The number of hydrogen-bond donors (Lipinski definition) is 1. The van der Waals surface area contributed by atoms with Crippen LogP contribution >= 0.6 is 0 Å². The molecule has 0 bridgehead atoms. The Bertz CT molecular complexity index is 625. The summed E-state index contributed by atoms with van der Waals surface area (Å²) in [6, 6.07) is 9.94. The summed E-state index contributed by atoms with van der Waals surface area (Å²) in [6.45, 7) is 2.14. The van der Waals surface area contributed by atoms with Gasteiger partial charge in [0.2, 0.25) is 0 Å². The summed E-state index contributed by atoms with van der Waals surface area (Å²) in [5.41, 5.74) is 2.12. The van der Waals surface area contributed by atoms with Crippen LogP contribution in [0, 0.1) is 12.7 Å². The van der Waals surface area contributed by atoms with Crippen LogP contribution in [-0.2, 0) is 6.54 Å². The molecule has 2 aromatic carbocycles. The van der Waals surface area contributed by atoms with Gasteiger partial charge in [-0.2, -0.15) is 0 Å². The van der Waals surface area contributed by atoms with Crippen LogP contribution in [0.25, 0.3) is 0 Å². The summed E-state index contributed by atoms with van der Waals surface area (Å²) in [7, 11) is 0. The van der Waals surface area contributed by atoms with Crippen molar-refractivity contribution in [2.45, 2.75) is 19.8 Å². The number of rotatable bonds is 4. The third-order valence-electron chi connectivity index (χ3n) is 2.86. The van der Waals surface area contributed by atoms with Crippen LogP contribution in [0.2, 0.25) is 0 Å². The zero-order chi connectivity index (χ0) is 15.5. The number of halogens is 4. The Kier molecular flexibility index (Phi) is 4.35. The van der Waals surface area contributed by atoms with Crippen molar-refractivity contribution in [3.05, 3.63) is 59.4 Å². The van der Waals surface area contributed by atoms with E-state index in [9.17, 15) is 17.6 Å². The number of aryl methyl sites for hydroxylation is 1. The van der Waals surface area contributed by atoms with Crippen molar-refractivity contribution in [2.24, 2.45) is 0 Å². The van der Waals surface area contributed by atoms with E-state index in [1.165, 1.54) is 30.3 Å². The van der Waals surface area contributed by atoms with Gasteiger partial charge in [-0.25, -0.2) is 4.39 Å². The molecule has 0 amide bonds. The average Bonchev–Trinajstić information content (AvgIpc) is 2.36. The van der Waals surface area contributed by atoms with Crippen molar-refractivity contribution in [1.82, 2.24) is 0 Å². The molecule has 0 unspecified atom stereocenters. The molecule has 0 aliphatic heterocycles. The maximum Gasteiger partial charge on any atom is 0.573 e. The fourth-order valence-corrected chi connectivity index (χ4v) is 1.86. The highest BCUT2D eigenvalue weighted by molar-refractivity contribution is 5.49. The SMILES string of the molecule is Cc1cc(F)ccc1CNc1cccc(OC(F)(F)F)c1. The minimum Gasteiger partial charge on any atom is -0.406 e. The Morgan fingerprint density at radius 2 is 1.86 bits per heavy atom. The summed E-state index contributed by atoms with van der Waals surface area (Å²) in [4.78, 5) is 0. The second-order valence-electron chi connectivity index (χ2n) is 4.50. The van der Waals surface area contributed by atoms with E-state index in [4.69, 9.17) is 0 Å². The maximum atomic E-state index is 13.0. The second-order valence-corrected chi connectivity index (χ2v) is 4.50. The first kappa shape index (κ1) is 15.2. The van der Waals surface area contributed by atoms with Crippen LogP contribution in [0.3, 0.4) is 0 Å². The van der Waals surface area contributed by atoms with Crippen molar-refractivity contribution >= 4 is 5.69 Å². The predicted octanol–water partition coefficient (Wildman–Crippen LogP) is 4.64. The van der Waals surface area contributed by atoms with E-state index in [2.05, 4.69) is 10.1 Å². The van der Waals surface area contributed by atoms with E-state index in [0.717, 1.165) is 11.1 Å². The van der Waals surface area contributed by atoms with Gasteiger partial charge in [-0.15, -0.1) is 13.2 Å². The van der Waals surface area contributed by atoms with Crippen molar-refractivity contribution in [2.75, 3.05) is 5.32 Å². The van der Waals surface area contributed by atoms with Gasteiger partial charge in [-0.1, -0.05) is 12.1 Å². The number of benzene rings is 2. The third kappa shape index (κ3) is 4.66. The Morgan fingerprint density at radius 3 is 2.52 bits per heavy atom.